The van der Waals surface area contributed by atoms with E-state index in [9.17, 15) is 0 Å². The second-order valence-corrected chi connectivity index (χ2v) is 4.44. The van der Waals surface area contributed by atoms with Gasteiger partial charge in [-0.25, -0.2) is 0 Å². The second kappa shape index (κ2) is 5.07. The molecule has 1 fully saturated rings. The minimum Gasteiger partial charge on any atom is -0.399 e. The Hall–Kier alpha value is -1.73. The highest BCUT2D eigenvalue weighted by molar-refractivity contribution is 5.64. The van der Waals surface area contributed by atoms with Gasteiger partial charge in [0.15, 0.2) is 0 Å². The first kappa shape index (κ1) is 11.7. The number of benzene rings is 1. The van der Waals surface area contributed by atoms with Gasteiger partial charge in [-0.1, -0.05) is 0 Å². The average Bonchev–Trinajstić information content (AvgIpc) is 2.78. The van der Waals surface area contributed by atoms with Crippen LogP contribution in [-0.4, -0.2) is 26.8 Å². The highest BCUT2D eigenvalue weighted by Gasteiger charge is 2.24. The van der Waals surface area contributed by atoms with Gasteiger partial charge < -0.3 is 15.4 Å². The normalized spacial score (nSPS) is 19.3. The minimum atomic E-state index is 0.559. The van der Waals surface area contributed by atoms with Crippen molar-refractivity contribution in [3.05, 3.63) is 23.8 Å². The molecule has 2 rings (SSSR count). The molecule has 4 nitrogen and oxygen atoms in total. The zero-order valence-corrected chi connectivity index (χ0v) is 10.0. The molecule has 1 heterocycles. The third kappa shape index (κ3) is 2.51. The Balaban J connectivity index is 2.16. The van der Waals surface area contributed by atoms with E-state index in [0.717, 1.165) is 31.8 Å². The van der Waals surface area contributed by atoms with Crippen LogP contribution in [-0.2, 0) is 4.74 Å². The molecule has 17 heavy (non-hydrogen) atoms. The number of methoxy groups -OCH3 is 1. The SMILES string of the molecule is COCC1CCN(c2ccc(N)cc2C#N)C1. The molecular formula is C13H17N3O. The topological polar surface area (TPSA) is 62.3 Å². The Morgan fingerprint density at radius 2 is 2.41 bits per heavy atom. The smallest absolute Gasteiger partial charge is 0.101 e. The van der Waals surface area contributed by atoms with E-state index in [1.807, 2.05) is 12.1 Å². The Labute approximate surface area is 102 Å². The van der Waals surface area contributed by atoms with Gasteiger partial charge >= 0.3 is 0 Å². The maximum Gasteiger partial charge on any atom is 0.101 e. The fourth-order valence-corrected chi connectivity index (χ4v) is 2.34. The average molecular weight is 231 g/mol. The van der Waals surface area contributed by atoms with Crippen molar-refractivity contribution in [3.63, 3.8) is 0 Å². The Kier molecular flexibility index (Phi) is 3.50. The van der Waals surface area contributed by atoms with Gasteiger partial charge in [0.1, 0.15) is 6.07 Å². The molecule has 4 heteroatoms. The maximum atomic E-state index is 9.12. The molecule has 0 aliphatic carbocycles. The van der Waals surface area contributed by atoms with Crippen molar-refractivity contribution in [1.82, 2.24) is 0 Å². The summed E-state index contributed by atoms with van der Waals surface area (Å²) in [5.74, 6) is 0.559. The van der Waals surface area contributed by atoms with Crippen molar-refractivity contribution >= 4 is 11.4 Å². The standard InChI is InChI=1S/C13H17N3O/c1-17-9-10-4-5-16(8-10)13-3-2-12(15)6-11(13)7-14/h2-3,6,10H,4-5,8-9,15H2,1H3. The summed E-state index contributed by atoms with van der Waals surface area (Å²) in [5.41, 5.74) is 7.97. The number of nitriles is 1. The summed E-state index contributed by atoms with van der Waals surface area (Å²) in [5, 5.41) is 9.12. The van der Waals surface area contributed by atoms with Crippen LogP contribution in [0.1, 0.15) is 12.0 Å². The molecule has 0 saturated carbocycles. The molecule has 1 atom stereocenters. The van der Waals surface area contributed by atoms with E-state index in [1.54, 1.807) is 13.2 Å². The van der Waals surface area contributed by atoms with Crippen LogP contribution in [0.3, 0.4) is 0 Å². The Morgan fingerprint density at radius 3 is 3.12 bits per heavy atom. The van der Waals surface area contributed by atoms with Gasteiger partial charge in [-0.05, 0) is 24.6 Å². The molecule has 1 aromatic rings. The molecule has 90 valence electrons. The van der Waals surface area contributed by atoms with Gasteiger partial charge in [0, 0.05) is 31.8 Å². The van der Waals surface area contributed by atoms with E-state index < -0.39 is 0 Å². The van der Waals surface area contributed by atoms with Crippen LogP contribution in [0.4, 0.5) is 11.4 Å². The molecule has 1 aromatic carbocycles. The highest BCUT2D eigenvalue weighted by Crippen LogP contribution is 2.28. The van der Waals surface area contributed by atoms with Gasteiger partial charge in [0.25, 0.3) is 0 Å². The van der Waals surface area contributed by atoms with Crippen molar-refractivity contribution in [3.8, 4) is 6.07 Å². The predicted octanol–water partition coefficient (Wildman–Crippen LogP) is 1.61. The van der Waals surface area contributed by atoms with Gasteiger partial charge in [-0.15, -0.1) is 0 Å². The molecule has 1 aliphatic heterocycles. The van der Waals surface area contributed by atoms with Crippen molar-refractivity contribution in [1.29, 1.82) is 5.26 Å². The van der Waals surface area contributed by atoms with Crippen molar-refractivity contribution in [2.45, 2.75) is 6.42 Å². The van der Waals surface area contributed by atoms with E-state index in [-0.39, 0.29) is 0 Å². The van der Waals surface area contributed by atoms with Crippen LogP contribution < -0.4 is 10.6 Å². The summed E-state index contributed by atoms with van der Waals surface area (Å²) in [6.07, 6.45) is 1.11. The number of hydrogen-bond donors (Lipinski definition) is 1. The molecule has 0 radical (unpaired) electrons. The van der Waals surface area contributed by atoms with Crippen LogP contribution in [0, 0.1) is 17.2 Å². The predicted molar refractivity (Wildman–Crippen MR) is 67.8 cm³/mol. The number of rotatable bonds is 3. The summed E-state index contributed by atoms with van der Waals surface area (Å²) >= 11 is 0. The summed E-state index contributed by atoms with van der Waals surface area (Å²) in [7, 11) is 1.73. The molecule has 2 N–H and O–H groups in total. The number of anilines is 2. The summed E-state index contributed by atoms with van der Waals surface area (Å²) in [6.45, 7) is 2.71. The first-order valence-electron chi connectivity index (χ1n) is 5.78. The van der Waals surface area contributed by atoms with Gasteiger partial charge in [-0.2, -0.15) is 5.26 Å². The highest BCUT2D eigenvalue weighted by atomic mass is 16.5. The number of nitrogens with two attached hydrogens (primary N) is 1. The molecule has 0 spiro atoms. The molecule has 0 aromatic heterocycles. The van der Waals surface area contributed by atoms with Crippen LogP contribution in [0.25, 0.3) is 0 Å². The monoisotopic (exact) mass is 231 g/mol. The zero-order valence-electron chi connectivity index (χ0n) is 10.0. The first-order valence-corrected chi connectivity index (χ1v) is 5.78. The van der Waals surface area contributed by atoms with Crippen LogP contribution in [0.15, 0.2) is 18.2 Å². The third-order valence-corrected chi connectivity index (χ3v) is 3.17. The first-order chi connectivity index (χ1) is 8.24. The summed E-state index contributed by atoms with van der Waals surface area (Å²) in [6, 6.07) is 7.72. The lowest BCUT2D eigenvalue weighted by molar-refractivity contribution is 0.161. The van der Waals surface area contributed by atoms with Crippen LogP contribution in [0.5, 0.6) is 0 Å². The zero-order chi connectivity index (χ0) is 12.3. The van der Waals surface area contributed by atoms with Crippen molar-refractivity contribution in [2.75, 3.05) is 37.4 Å². The van der Waals surface area contributed by atoms with E-state index in [1.165, 1.54) is 0 Å². The lowest BCUT2D eigenvalue weighted by Gasteiger charge is -2.20. The third-order valence-electron chi connectivity index (χ3n) is 3.17. The maximum absolute atomic E-state index is 9.12. The minimum absolute atomic E-state index is 0.559. The second-order valence-electron chi connectivity index (χ2n) is 4.44. The molecule has 1 aliphatic rings. The van der Waals surface area contributed by atoms with E-state index in [4.69, 9.17) is 15.7 Å². The lowest BCUT2D eigenvalue weighted by atomic mass is 10.1. The molecule has 0 bridgehead atoms. The van der Waals surface area contributed by atoms with Gasteiger partial charge in [-0.3, -0.25) is 0 Å². The quantitative estimate of drug-likeness (QED) is 0.803. The fraction of sp³-hybridized carbons (Fsp3) is 0.462. The fourth-order valence-electron chi connectivity index (χ4n) is 2.34. The number of hydrogen-bond acceptors (Lipinski definition) is 4. The van der Waals surface area contributed by atoms with E-state index >= 15 is 0 Å². The molecule has 0 amide bonds. The molecule has 1 saturated heterocycles. The van der Waals surface area contributed by atoms with Crippen molar-refractivity contribution < 1.29 is 4.74 Å². The van der Waals surface area contributed by atoms with Gasteiger partial charge in [0.2, 0.25) is 0 Å². The lowest BCUT2D eigenvalue weighted by Crippen LogP contribution is -2.21. The number of ether oxygens (including phenoxy) is 1. The van der Waals surface area contributed by atoms with Crippen molar-refractivity contribution in [2.24, 2.45) is 5.92 Å². The molecular weight excluding hydrogens is 214 g/mol. The summed E-state index contributed by atoms with van der Waals surface area (Å²) in [4.78, 5) is 2.24. The molecule has 1 unspecified atom stereocenters. The number of nitrogen functional groups attached to an aromatic ring is 1. The van der Waals surface area contributed by atoms with Crippen LogP contribution >= 0.6 is 0 Å². The van der Waals surface area contributed by atoms with E-state index in [0.29, 0.717) is 17.2 Å². The van der Waals surface area contributed by atoms with E-state index in [2.05, 4.69) is 11.0 Å². The largest absolute Gasteiger partial charge is 0.399 e. The Bertz CT molecular complexity index is 439. The van der Waals surface area contributed by atoms with Crippen LogP contribution in [0.2, 0.25) is 0 Å². The number of nitrogens with zero attached hydrogens (tertiary/aromatic N) is 2. The van der Waals surface area contributed by atoms with Gasteiger partial charge in [0.05, 0.1) is 17.9 Å². The Morgan fingerprint density at radius 1 is 1.59 bits per heavy atom. The summed E-state index contributed by atoms with van der Waals surface area (Å²) < 4.78 is 5.17.